The lowest BCUT2D eigenvalue weighted by Crippen LogP contribution is -2.38. The number of aliphatic hydroxyl groups is 2. The Morgan fingerprint density at radius 2 is 1.97 bits per heavy atom. The van der Waals surface area contributed by atoms with Gasteiger partial charge >= 0.3 is 5.97 Å². The minimum Gasteiger partial charge on any atom is -0.481 e. The number of halogens is 2. The van der Waals surface area contributed by atoms with Gasteiger partial charge in [0.15, 0.2) is 6.29 Å². The highest BCUT2D eigenvalue weighted by Crippen LogP contribution is 2.42. The Morgan fingerprint density at radius 3 is 2.66 bits per heavy atom. The van der Waals surface area contributed by atoms with E-state index in [0.717, 1.165) is 38.5 Å². The SMILES string of the molecule is CCCCC(F)(F)CCC(O)[C@@H]1C(OC2CCCCO2)C[C@H](O)[C@@H]1C/C=C\CCCCCC(=O)O. The van der Waals surface area contributed by atoms with Crippen LogP contribution in [-0.2, 0) is 14.3 Å². The molecular weight excluding hydrogens is 458 g/mol. The van der Waals surface area contributed by atoms with Gasteiger partial charge in [0.1, 0.15) is 0 Å². The predicted molar refractivity (Wildman–Crippen MR) is 130 cm³/mol. The zero-order chi connectivity index (χ0) is 25.7. The largest absolute Gasteiger partial charge is 0.481 e. The average molecular weight is 505 g/mol. The quantitative estimate of drug-likeness (QED) is 0.170. The molecule has 0 radical (unpaired) electrons. The number of aliphatic carboxylic acids is 1. The van der Waals surface area contributed by atoms with Gasteiger partial charge in [-0.1, -0.05) is 31.9 Å². The molecule has 0 aromatic rings. The van der Waals surface area contributed by atoms with Crippen LogP contribution < -0.4 is 0 Å². The summed E-state index contributed by atoms with van der Waals surface area (Å²) in [5.41, 5.74) is 0. The number of rotatable bonds is 17. The summed E-state index contributed by atoms with van der Waals surface area (Å²) in [6.45, 7) is 2.50. The lowest BCUT2D eigenvalue weighted by Gasteiger charge is -2.33. The van der Waals surface area contributed by atoms with Crippen LogP contribution in [0.1, 0.15) is 103 Å². The molecule has 35 heavy (non-hydrogen) atoms. The number of alkyl halides is 2. The number of hydrogen-bond donors (Lipinski definition) is 3. The molecule has 3 N–H and O–H groups in total. The van der Waals surface area contributed by atoms with Crippen LogP contribution in [0.5, 0.6) is 0 Å². The van der Waals surface area contributed by atoms with E-state index in [9.17, 15) is 23.8 Å². The molecule has 6 nitrogen and oxygen atoms in total. The van der Waals surface area contributed by atoms with Crippen LogP contribution >= 0.6 is 0 Å². The highest BCUT2D eigenvalue weighted by molar-refractivity contribution is 5.66. The highest BCUT2D eigenvalue weighted by atomic mass is 19.3. The summed E-state index contributed by atoms with van der Waals surface area (Å²) in [5, 5.41) is 30.5. The number of unbranched alkanes of at least 4 members (excludes halogenated alkanes) is 4. The zero-order valence-corrected chi connectivity index (χ0v) is 21.3. The van der Waals surface area contributed by atoms with E-state index in [2.05, 4.69) is 0 Å². The molecule has 0 bridgehead atoms. The van der Waals surface area contributed by atoms with Gasteiger partial charge in [-0.2, -0.15) is 0 Å². The maximum absolute atomic E-state index is 14.3. The van der Waals surface area contributed by atoms with Crippen molar-refractivity contribution >= 4 is 5.97 Å². The average Bonchev–Trinajstić information content (AvgIpc) is 3.13. The number of hydrogen-bond acceptors (Lipinski definition) is 5. The summed E-state index contributed by atoms with van der Waals surface area (Å²) < 4.78 is 40.4. The maximum atomic E-state index is 14.3. The fourth-order valence-electron chi connectivity index (χ4n) is 5.31. The van der Waals surface area contributed by atoms with Gasteiger partial charge in [0.05, 0.1) is 18.3 Å². The molecule has 0 spiro atoms. The molecule has 8 heteroatoms. The van der Waals surface area contributed by atoms with Gasteiger partial charge in [-0.25, -0.2) is 8.78 Å². The monoisotopic (exact) mass is 504 g/mol. The molecule has 2 fully saturated rings. The number of carboxylic acids is 1. The third-order valence-corrected chi connectivity index (χ3v) is 7.34. The molecule has 2 aliphatic rings. The van der Waals surface area contributed by atoms with Crippen molar-refractivity contribution in [1.29, 1.82) is 0 Å². The van der Waals surface area contributed by atoms with Gasteiger partial charge in [-0.15, -0.1) is 0 Å². The van der Waals surface area contributed by atoms with E-state index >= 15 is 0 Å². The normalized spacial score (nSPS) is 28.5. The van der Waals surface area contributed by atoms with E-state index in [1.165, 1.54) is 0 Å². The second-order valence-corrected chi connectivity index (χ2v) is 10.3. The van der Waals surface area contributed by atoms with Gasteiger partial charge in [-0.05, 0) is 63.7 Å². The van der Waals surface area contributed by atoms with Crippen molar-refractivity contribution in [3.63, 3.8) is 0 Å². The summed E-state index contributed by atoms with van der Waals surface area (Å²) in [5.74, 6) is -4.28. The van der Waals surface area contributed by atoms with Gasteiger partial charge in [0.25, 0.3) is 0 Å². The first-order valence-electron chi connectivity index (χ1n) is 13.6. The van der Waals surface area contributed by atoms with Crippen LogP contribution in [0.25, 0.3) is 0 Å². The fourth-order valence-corrected chi connectivity index (χ4v) is 5.31. The van der Waals surface area contributed by atoms with Crippen molar-refractivity contribution < 1.29 is 38.4 Å². The van der Waals surface area contributed by atoms with Crippen LogP contribution in [0, 0.1) is 11.8 Å². The fraction of sp³-hybridized carbons (Fsp3) is 0.889. The van der Waals surface area contributed by atoms with E-state index in [1.54, 1.807) is 0 Å². The van der Waals surface area contributed by atoms with Crippen LogP contribution in [0.3, 0.4) is 0 Å². The van der Waals surface area contributed by atoms with Gasteiger partial charge < -0.3 is 24.8 Å². The molecule has 1 aliphatic heterocycles. The maximum Gasteiger partial charge on any atom is 0.303 e. The minimum absolute atomic E-state index is 0.0245. The summed E-state index contributed by atoms with van der Waals surface area (Å²) in [6, 6.07) is 0. The van der Waals surface area contributed by atoms with Crippen molar-refractivity contribution in [3.05, 3.63) is 12.2 Å². The summed E-state index contributed by atoms with van der Waals surface area (Å²) in [4.78, 5) is 10.6. The molecule has 204 valence electrons. The standard InChI is InChI=1S/C27H46F2O6/c1-2-3-16-27(28,29)17-15-21(30)26-20(12-8-6-4-5-7-9-13-24(32)33)22(31)19-23(26)35-25-14-10-11-18-34-25/h6,8,20-23,25-26,30-31H,2-5,7,9-19H2,1H3,(H,32,33)/b8-6-/t20-,21?,22-,23?,25?,26+/m0/s1. The van der Waals surface area contributed by atoms with Crippen molar-refractivity contribution in [1.82, 2.24) is 0 Å². The first-order valence-corrected chi connectivity index (χ1v) is 13.6. The Balaban J connectivity index is 1.95. The first-order chi connectivity index (χ1) is 16.7. The van der Waals surface area contributed by atoms with Gasteiger partial charge in [0, 0.05) is 38.2 Å². The molecule has 1 saturated heterocycles. The Kier molecular flexibility index (Phi) is 13.7. The molecule has 0 amide bonds. The Labute approximate surface area is 209 Å². The zero-order valence-electron chi connectivity index (χ0n) is 21.3. The van der Waals surface area contributed by atoms with Crippen molar-refractivity contribution in [2.75, 3.05) is 6.61 Å². The number of carbonyl (C=O) groups is 1. The van der Waals surface area contributed by atoms with E-state index in [1.807, 2.05) is 19.1 Å². The predicted octanol–water partition coefficient (Wildman–Crippen LogP) is 5.84. The molecule has 3 unspecified atom stereocenters. The number of ether oxygens (including phenoxy) is 2. The smallest absolute Gasteiger partial charge is 0.303 e. The first kappa shape index (κ1) is 30.1. The molecule has 1 aliphatic carbocycles. The number of carboxylic acid groups (broad SMARTS) is 1. The Bertz CT molecular complexity index is 623. The lowest BCUT2D eigenvalue weighted by molar-refractivity contribution is -0.203. The summed E-state index contributed by atoms with van der Waals surface area (Å²) in [7, 11) is 0. The molecule has 6 atom stereocenters. The van der Waals surface area contributed by atoms with Crippen LogP contribution in [0.15, 0.2) is 12.2 Å². The second-order valence-electron chi connectivity index (χ2n) is 10.3. The second kappa shape index (κ2) is 15.9. The third kappa shape index (κ3) is 11.2. The lowest BCUT2D eigenvalue weighted by atomic mass is 9.83. The topological polar surface area (TPSA) is 96.2 Å². The van der Waals surface area contributed by atoms with Crippen LogP contribution in [-0.4, -0.2) is 58.4 Å². The van der Waals surface area contributed by atoms with Crippen molar-refractivity contribution in [2.45, 2.75) is 134 Å². The van der Waals surface area contributed by atoms with E-state index < -0.39 is 36.1 Å². The summed E-state index contributed by atoms with van der Waals surface area (Å²) >= 11 is 0. The summed E-state index contributed by atoms with van der Waals surface area (Å²) in [6.07, 6.45) is 9.17. The Hall–Kier alpha value is -1.09. The molecule has 1 saturated carbocycles. The molecular formula is C27H46F2O6. The van der Waals surface area contributed by atoms with Crippen molar-refractivity contribution in [3.8, 4) is 0 Å². The number of aliphatic hydroxyl groups excluding tert-OH is 2. The van der Waals surface area contributed by atoms with Gasteiger partial charge in [0.2, 0.25) is 5.92 Å². The van der Waals surface area contributed by atoms with Crippen molar-refractivity contribution in [2.24, 2.45) is 11.8 Å². The van der Waals surface area contributed by atoms with E-state index in [-0.39, 0.29) is 37.9 Å². The van der Waals surface area contributed by atoms with Crippen LogP contribution in [0.4, 0.5) is 8.78 Å². The molecule has 0 aromatic heterocycles. The van der Waals surface area contributed by atoms with Crippen LogP contribution in [0.2, 0.25) is 0 Å². The minimum atomic E-state index is -2.80. The molecule has 1 heterocycles. The highest BCUT2D eigenvalue weighted by Gasteiger charge is 2.47. The number of allylic oxidation sites excluding steroid dienone is 2. The molecule has 0 aromatic carbocycles. The Morgan fingerprint density at radius 1 is 1.17 bits per heavy atom. The van der Waals surface area contributed by atoms with E-state index in [4.69, 9.17) is 14.6 Å². The third-order valence-electron chi connectivity index (χ3n) is 7.34. The molecule has 2 rings (SSSR count). The van der Waals surface area contributed by atoms with E-state index in [0.29, 0.717) is 38.7 Å². The van der Waals surface area contributed by atoms with Gasteiger partial charge in [-0.3, -0.25) is 4.79 Å².